The second kappa shape index (κ2) is 3.25. The maximum absolute atomic E-state index is 11.2. The van der Waals surface area contributed by atoms with Crippen LogP contribution in [0.4, 0.5) is 0 Å². The van der Waals surface area contributed by atoms with Crippen molar-refractivity contribution in [3.63, 3.8) is 0 Å². The van der Waals surface area contributed by atoms with Crippen molar-refractivity contribution in [3.05, 3.63) is 0 Å². The molecule has 0 radical (unpaired) electrons. The molecule has 0 spiro atoms. The maximum atomic E-state index is 11.2. The smallest absolute Gasteiger partial charge is 0.309 e. The highest BCUT2D eigenvalue weighted by Gasteiger charge is 2.51. The highest BCUT2D eigenvalue weighted by molar-refractivity contribution is 5.75. The van der Waals surface area contributed by atoms with Crippen molar-refractivity contribution in [1.29, 1.82) is 0 Å². The second-order valence-electron chi connectivity index (χ2n) is 5.34. The van der Waals surface area contributed by atoms with Gasteiger partial charge in [0.1, 0.15) is 0 Å². The highest BCUT2D eigenvalue weighted by Crippen LogP contribution is 2.58. The second-order valence-corrected chi connectivity index (χ2v) is 5.34. The van der Waals surface area contributed by atoms with Crippen LogP contribution >= 0.6 is 0 Å². The third-order valence-electron chi connectivity index (χ3n) is 4.64. The van der Waals surface area contributed by atoms with Crippen LogP contribution in [0.5, 0.6) is 0 Å². The number of fused-ring (bicyclic) bond motifs is 3. The normalized spacial score (nSPS) is 41.2. The van der Waals surface area contributed by atoms with Crippen molar-refractivity contribution in [3.8, 4) is 0 Å². The van der Waals surface area contributed by atoms with E-state index in [-0.39, 0.29) is 5.41 Å². The average Bonchev–Trinajstić information content (AvgIpc) is 2.20. The minimum absolute atomic E-state index is 0.324. The first-order valence-corrected chi connectivity index (χ1v) is 5.86. The molecule has 3 aliphatic carbocycles. The van der Waals surface area contributed by atoms with E-state index in [0.29, 0.717) is 5.41 Å². The monoisotopic (exact) mass is 196 g/mol. The predicted octanol–water partition coefficient (Wildman–Crippen LogP) is 3.21. The topological polar surface area (TPSA) is 37.3 Å². The van der Waals surface area contributed by atoms with Gasteiger partial charge in [-0.3, -0.25) is 4.79 Å². The van der Waals surface area contributed by atoms with E-state index in [1.165, 1.54) is 12.8 Å². The summed E-state index contributed by atoms with van der Waals surface area (Å²) in [7, 11) is 0. The van der Waals surface area contributed by atoms with Crippen LogP contribution in [0.15, 0.2) is 0 Å². The summed E-state index contributed by atoms with van der Waals surface area (Å²) in [5.41, 5.74) is 0.210. The molecule has 0 heterocycles. The molecule has 3 rings (SSSR count). The lowest BCUT2D eigenvalue weighted by atomic mass is 9.52. The summed E-state index contributed by atoms with van der Waals surface area (Å²) >= 11 is 0. The van der Waals surface area contributed by atoms with Gasteiger partial charge in [0.25, 0.3) is 0 Å². The molecule has 0 atom stereocenters. The quantitative estimate of drug-likeness (QED) is 0.752. The molecule has 3 saturated carbocycles. The Bertz CT molecular complexity index is 220. The molecule has 0 aromatic rings. The summed E-state index contributed by atoms with van der Waals surface area (Å²) in [6.45, 7) is 2.24. The summed E-state index contributed by atoms with van der Waals surface area (Å²) in [4.78, 5) is 11.2. The molecule has 2 nitrogen and oxygen atoms in total. The molecule has 14 heavy (non-hydrogen) atoms. The first kappa shape index (κ1) is 10.0. The number of hydrogen-bond acceptors (Lipinski definition) is 1. The summed E-state index contributed by atoms with van der Waals surface area (Å²) in [6, 6.07) is 0. The SMILES string of the molecule is CCC[C@]12CC[C@](C(=O)O)(CC1)CC2. The van der Waals surface area contributed by atoms with Gasteiger partial charge in [-0.1, -0.05) is 13.3 Å². The molecule has 3 fully saturated rings. The molecular formula is C12H20O2. The molecule has 0 unspecified atom stereocenters. The summed E-state index contributed by atoms with van der Waals surface area (Å²) in [5, 5.41) is 9.23. The lowest BCUT2D eigenvalue weighted by molar-refractivity contribution is -0.159. The Morgan fingerprint density at radius 1 is 1.14 bits per heavy atom. The van der Waals surface area contributed by atoms with Gasteiger partial charge in [-0.25, -0.2) is 0 Å². The molecule has 0 saturated heterocycles. The maximum Gasteiger partial charge on any atom is 0.309 e. The van der Waals surface area contributed by atoms with Crippen LogP contribution in [-0.2, 0) is 4.79 Å². The lowest BCUT2D eigenvalue weighted by Gasteiger charge is -2.51. The number of carboxylic acids is 1. The van der Waals surface area contributed by atoms with E-state index in [1.807, 2.05) is 0 Å². The van der Waals surface area contributed by atoms with E-state index in [2.05, 4.69) is 6.92 Å². The zero-order valence-electron chi connectivity index (χ0n) is 9.01. The largest absolute Gasteiger partial charge is 0.481 e. The van der Waals surface area contributed by atoms with Gasteiger partial charge in [-0.15, -0.1) is 0 Å². The first-order chi connectivity index (χ1) is 6.63. The third-order valence-corrected chi connectivity index (χ3v) is 4.64. The minimum atomic E-state index is -0.540. The summed E-state index contributed by atoms with van der Waals surface area (Å²) in [5.74, 6) is -0.540. The summed E-state index contributed by atoms with van der Waals surface area (Å²) < 4.78 is 0. The van der Waals surface area contributed by atoms with Crippen molar-refractivity contribution in [2.75, 3.05) is 0 Å². The first-order valence-electron chi connectivity index (χ1n) is 5.86. The van der Waals surface area contributed by atoms with Crippen molar-refractivity contribution in [2.45, 2.75) is 58.3 Å². The van der Waals surface area contributed by atoms with Gasteiger partial charge in [0, 0.05) is 0 Å². The Morgan fingerprint density at radius 3 is 2.00 bits per heavy atom. The Balaban J connectivity index is 2.09. The molecule has 2 heteroatoms. The van der Waals surface area contributed by atoms with Crippen molar-refractivity contribution in [1.82, 2.24) is 0 Å². The predicted molar refractivity (Wildman–Crippen MR) is 55.1 cm³/mol. The number of carboxylic acid groups (broad SMARTS) is 1. The Kier molecular flexibility index (Phi) is 2.32. The van der Waals surface area contributed by atoms with Crippen LogP contribution in [0, 0.1) is 10.8 Å². The van der Waals surface area contributed by atoms with Gasteiger partial charge < -0.3 is 5.11 Å². The van der Waals surface area contributed by atoms with Crippen molar-refractivity contribution < 1.29 is 9.90 Å². The van der Waals surface area contributed by atoms with Gasteiger partial charge >= 0.3 is 5.97 Å². The average molecular weight is 196 g/mol. The number of rotatable bonds is 3. The molecule has 2 bridgehead atoms. The van der Waals surface area contributed by atoms with E-state index in [4.69, 9.17) is 0 Å². The molecule has 80 valence electrons. The van der Waals surface area contributed by atoms with Crippen LogP contribution in [0.1, 0.15) is 58.3 Å². The zero-order chi connectivity index (χ0) is 10.2. The Morgan fingerprint density at radius 2 is 1.64 bits per heavy atom. The third kappa shape index (κ3) is 1.35. The number of aliphatic carboxylic acids is 1. The van der Waals surface area contributed by atoms with E-state index < -0.39 is 5.97 Å². The van der Waals surface area contributed by atoms with Crippen LogP contribution < -0.4 is 0 Å². The van der Waals surface area contributed by atoms with E-state index >= 15 is 0 Å². The molecule has 3 aliphatic rings. The minimum Gasteiger partial charge on any atom is -0.481 e. The van der Waals surface area contributed by atoms with Crippen molar-refractivity contribution >= 4 is 5.97 Å². The van der Waals surface area contributed by atoms with Crippen LogP contribution in [-0.4, -0.2) is 11.1 Å². The van der Waals surface area contributed by atoms with Gasteiger partial charge in [-0.2, -0.15) is 0 Å². The van der Waals surface area contributed by atoms with Gasteiger partial charge in [0.05, 0.1) is 5.41 Å². The van der Waals surface area contributed by atoms with Crippen LogP contribution in [0.2, 0.25) is 0 Å². The fourth-order valence-electron chi connectivity index (χ4n) is 3.49. The molecule has 0 amide bonds. The molecule has 0 aromatic carbocycles. The Labute approximate surface area is 85.7 Å². The van der Waals surface area contributed by atoms with E-state index in [9.17, 15) is 9.90 Å². The fourth-order valence-corrected chi connectivity index (χ4v) is 3.49. The number of hydrogen-bond donors (Lipinski definition) is 1. The standard InChI is InChI=1S/C12H20O2/c1-2-3-11-4-7-12(8-5-11,9-6-11)10(13)14/h2-9H2,1H3,(H,13,14)/t11-,12-. The highest BCUT2D eigenvalue weighted by atomic mass is 16.4. The van der Waals surface area contributed by atoms with Gasteiger partial charge in [0.2, 0.25) is 0 Å². The van der Waals surface area contributed by atoms with Gasteiger partial charge in [-0.05, 0) is 50.4 Å². The zero-order valence-corrected chi connectivity index (χ0v) is 9.01. The van der Waals surface area contributed by atoms with Crippen LogP contribution in [0.3, 0.4) is 0 Å². The van der Waals surface area contributed by atoms with Crippen LogP contribution in [0.25, 0.3) is 0 Å². The molecule has 1 N–H and O–H groups in total. The molecule has 0 aromatic heterocycles. The van der Waals surface area contributed by atoms with Crippen molar-refractivity contribution in [2.24, 2.45) is 10.8 Å². The fraction of sp³-hybridized carbons (Fsp3) is 0.917. The van der Waals surface area contributed by atoms with Gasteiger partial charge in [0.15, 0.2) is 0 Å². The van der Waals surface area contributed by atoms with E-state index in [0.717, 1.165) is 38.5 Å². The molecule has 0 aliphatic heterocycles. The Hall–Kier alpha value is -0.530. The van der Waals surface area contributed by atoms with E-state index in [1.54, 1.807) is 0 Å². The summed E-state index contributed by atoms with van der Waals surface area (Å²) in [6.07, 6.45) is 8.84. The molecular weight excluding hydrogens is 176 g/mol. The number of carbonyl (C=O) groups is 1. The lowest BCUT2D eigenvalue weighted by Crippen LogP contribution is -2.45.